The molecule has 72 valence electrons. The van der Waals surface area contributed by atoms with E-state index in [0.29, 0.717) is 0 Å². The van der Waals surface area contributed by atoms with Gasteiger partial charge < -0.3 is 10.8 Å². The van der Waals surface area contributed by atoms with Crippen LogP contribution in [0.25, 0.3) is 0 Å². The summed E-state index contributed by atoms with van der Waals surface area (Å²) < 4.78 is 0. The van der Waals surface area contributed by atoms with Gasteiger partial charge in [-0.3, -0.25) is 0 Å². The van der Waals surface area contributed by atoms with Crippen LogP contribution in [0.2, 0.25) is 0 Å². The van der Waals surface area contributed by atoms with Gasteiger partial charge >= 0.3 is 0 Å². The topological polar surface area (TPSA) is 46.2 Å². The third-order valence-corrected chi connectivity index (χ3v) is 2.34. The van der Waals surface area contributed by atoms with Gasteiger partial charge in [-0.2, -0.15) is 0 Å². The summed E-state index contributed by atoms with van der Waals surface area (Å²) >= 11 is 0. The zero-order chi connectivity index (χ0) is 10.0. The van der Waals surface area contributed by atoms with E-state index in [0.717, 1.165) is 16.7 Å². The van der Waals surface area contributed by atoms with Crippen molar-refractivity contribution in [3.63, 3.8) is 0 Å². The molecule has 1 aromatic rings. The average molecular weight is 179 g/mol. The van der Waals surface area contributed by atoms with Gasteiger partial charge in [-0.25, -0.2) is 0 Å². The molecule has 0 aliphatic heterocycles. The summed E-state index contributed by atoms with van der Waals surface area (Å²) in [4.78, 5) is 0. The Hall–Kier alpha value is -0.860. The molecular weight excluding hydrogens is 162 g/mol. The maximum absolute atomic E-state index is 9.83. The fraction of sp³-hybridized carbons (Fsp3) is 0.455. The average Bonchev–Trinajstić information content (AvgIpc) is 2.03. The zero-order valence-electron chi connectivity index (χ0n) is 8.41. The Morgan fingerprint density at radius 1 is 1.23 bits per heavy atom. The molecule has 1 rings (SSSR count). The molecule has 0 unspecified atom stereocenters. The number of aryl methyl sites for hydroxylation is 2. The molecule has 0 aromatic heterocycles. The smallest absolute Gasteiger partial charge is 0.0943 e. The fourth-order valence-corrected chi connectivity index (χ4v) is 1.56. The van der Waals surface area contributed by atoms with E-state index in [-0.39, 0.29) is 6.04 Å². The van der Waals surface area contributed by atoms with Gasteiger partial charge in [0.25, 0.3) is 0 Å². The van der Waals surface area contributed by atoms with Gasteiger partial charge in [0.1, 0.15) is 0 Å². The Bertz CT molecular complexity index is 274. The number of benzene rings is 1. The Labute approximate surface area is 79.4 Å². The van der Waals surface area contributed by atoms with Crippen molar-refractivity contribution in [3.8, 4) is 0 Å². The predicted molar refractivity (Wildman–Crippen MR) is 54.5 cm³/mol. The molecule has 0 aliphatic rings. The summed E-state index contributed by atoms with van der Waals surface area (Å²) in [7, 11) is 0. The van der Waals surface area contributed by atoms with Crippen LogP contribution >= 0.6 is 0 Å². The molecule has 0 heterocycles. The van der Waals surface area contributed by atoms with E-state index in [1.807, 2.05) is 39.0 Å². The lowest BCUT2D eigenvalue weighted by molar-refractivity contribution is 0.152. The van der Waals surface area contributed by atoms with Crippen molar-refractivity contribution in [2.45, 2.75) is 32.9 Å². The summed E-state index contributed by atoms with van der Waals surface area (Å²) in [5.74, 6) is 0. The van der Waals surface area contributed by atoms with Gasteiger partial charge in [-0.1, -0.05) is 18.2 Å². The standard InChI is InChI=1S/C11H17NO/c1-7-5-4-6-8(2)10(7)11(13)9(3)12/h4-6,9,11,13H,12H2,1-3H3/t9-,11-/m0/s1. The Balaban J connectivity index is 3.12. The van der Waals surface area contributed by atoms with E-state index < -0.39 is 6.10 Å². The fourth-order valence-electron chi connectivity index (χ4n) is 1.56. The second-order valence-corrected chi connectivity index (χ2v) is 3.61. The number of aliphatic hydroxyl groups is 1. The van der Waals surface area contributed by atoms with Gasteiger partial charge in [-0.15, -0.1) is 0 Å². The molecule has 2 atom stereocenters. The van der Waals surface area contributed by atoms with Crippen LogP contribution < -0.4 is 5.73 Å². The number of hydrogen-bond acceptors (Lipinski definition) is 2. The third kappa shape index (κ3) is 2.08. The van der Waals surface area contributed by atoms with E-state index in [1.54, 1.807) is 0 Å². The van der Waals surface area contributed by atoms with Crippen LogP contribution in [0.1, 0.15) is 29.7 Å². The summed E-state index contributed by atoms with van der Waals surface area (Å²) in [5, 5.41) is 9.83. The van der Waals surface area contributed by atoms with Crippen molar-refractivity contribution in [1.29, 1.82) is 0 Å². The molecule has 0 fully saturated rings. The maximum Gasteiger partial charge on any atom is 0.0943 e. The lowest BCUT2D eigenvalue weighted by atomic mass is 9.95. The lowest BCUT2D eigenvalue weighted by Gasteiger charge is -2.19. The minimum absolute atomic E-state index is 0.222. The molecule has 0 saturated carbocycles. The van der Waals surface area contributed by atoms with E-state index in [2.05, 4.69) is 0 Å². The van der Waals surface area contributed by atoms with Gasteiger partial charge in [0.05, 0.1) is 6.10 Å². The van der Waals surface area contributed by atoms with Crippen molar-refractivity contribution < 1.29 is 5.11 Å². The number of aliphatic hydroxyl groups excluding tert-OH is 1. The largest absolute Gasteiger partial charge is 0.387 e. The first kappa shape index (κ1) is 10.2. The molecule has 3 N–H and O–H groups in total. The van der Waals surface area contributed by atoms with Crippen molar-refractivity contribution in [2.24, 2.45) is 5.73 Å². The number of rotatable bonds is 2. The highest BCUT2D eigenvalue weighted by atomic mass is 16.3. The van der Waals surface area contributed by atoms with E-state index in [1.165, 1.54) is 0 Å². The first-order chi connectivity index (χ1) is 6.04. The van der Waals surface area contributed by atoms with Crippen LogP contribution in [0.3, 0.4) is 0 Å². The molecule has 0 aliphatic carbocycles. The second kappa shape index (κ2) is 3.90. The van der Waals surface area contributed by atoms with Crippen molar-refractivity contribution in [3.05, 3.63) is 34.9 Å². The van der Waals surface area contributed by atoms with Gasteiger partial charge in [0.2, 0.25) is 0 Å². The maximum atomic E-state index is 9.83. The molecule has 2 nitrogen and oxygen atoms in total. The first-order valence-corrected chi connectivity index (χ1v) is 4.53. The summed E-state index contributed by atoms with van der Waals surface area (Å²) in [6, 6.07) is 5.75. The highest BCUT2D eigenvalue weighted by molar-refractivity contribution is 5.35. The van der Waals surface area contributed by atoms with Gasteiger partial charge in [-0.05, 0) is 37.5 Å². The predicted octanol–water partition coefficient (Wildman–Crippen LogP) is 1.68. The second-order valence-electron chi connectivity index (χ2n) is 3.61. The molecule has 0 spiro atoms. The minimum Gasteiger partial charge on any atom is -0.387 e. The van der Waals surface area contributed by atoms with Crippen LogP contribution in [-0.2, 0) is 0 Å². The minimum atomic E-state index is -0.554. The number of nitrogens with two attached hydrogens (primary N) is 1. The highest BCUT2D eigenvalue weighted by Gasteiger charge is 2.16. The van der Waals surface area contributed by atoms with Crippen molar-refractivity contribution in [2.75, 3.05) is 0 Å². The normalized spacial score (nSPS) is 15.5. The molecule has 1 aromatic carbocycles. The van der Waals surface area contributed by atoms with Crippen molar-refractivity contribution >= 4 is 0 Å². The van der Waals surface area contributed by atoms with Crippen LogP contribution in [0.5, 0.6) is 0 Å². The Kier molecular flexibility index (Phi) is 3.07. The zero-order valence-corrected chi connectivity index (χ0v) is 8.41. The molecular formula is C11H17NO. The van der Waals surface area contributed by atoms with Crippen LogP contribution in [0.15, 0.2) is 18.2 Å². The molecule has 13 heavy (non-hydrogen) atoms. The van der Waals surface area contributed by atoms with Crippen LogP contribution in [0, 0.1) is 13.8 Å². The SMILES string of the molecule is Cc1cccc(C)c1[C@@H](O)[C@H](C)N. The summed E-state index contributed by atoms with van der Waals surface area (Å²) in [6.07, 6.45) is -0.554. The number of hydrogen-bond donors (Lipinski definition) is 2. The molecule has 0 amide bonds. The van der Waals surface area contributed by atoms with Gasteiger partial charge in [0, 0.05) is 6.04 Å². The highest BCUT2D eigenvalue weighted by Crippen LogP contribution is 2.23. The Morgan fingerprint density at radius 3 is 2.08 bits per heavy atom. The molecule has 2 heteroatoms. The third-order valence-electron chi connectivity index (χ3n) is 2.34. The quantitative estimate of drug-likeness (QED) is 0.725. The first-order valence-electron chi connectivity index (χ1n) is 4.53. The summed E-state index contributed by atoms with van der Waals surface area (Å²) in [6.45, 7) is 5.80. The van der Waals surface area contributed by atoms with Crippen LogP contribution in [0.4, 0.5) is 0 Å². The molecule has 0 saturated heterocycles. The van der Waals surface area contributed by atoms with Crippen molar-refractivity contribution in [1.82, 2.24) is 0 Å². The summed E-state index contributed by atoms with van der Waals surface area (Å²) in [5.41, 5.74) is 8.83. The lowest BCUT2D eigenvalue weighted by Crippen LogP contribution is -2.25. The van der Waals surface area contributed by atoms with E-state index in [9.17, 15) is 5.11 Å². The van der Waals surface area contributed by atoms with E-state index in [4.69, 9.17) is 5.73 Å². The van der Waals surface area contributed by atoms with Gasteiger partial charge in [0.15, 0.2) is 0 Å². The Morgan fingerprint density at radius 2 is 1.69 bits per heavy atom. The molecule has 0 bridgehead atoms. The van der Waals surface area contributed by atoms with Crippen LogP contribution in [-0.4, -0.2) is 11.1 Å². The monoisotopic (exact) mass is 179 g/mol. The van der Waals surface area contributed by atoms with E-state index >= 15 is 0 Å². The molecule has 0 radical (unpaired) electrons.